The van der Waals surface area contributed by atoms with Gasteiger partial charge in [0.2, 0.25) is 0 Å². The monoisotopic (exact) mass is 138 g/mol. The number of rotatable bonds is 1. The summed E-state index contributed by atoms with van der Waals surface area (Å²) < 4.78 is 0. The lowest BCUT2D eigenvalue weighted by Crippen LogP contribution is -2.15. The van der Waals surface area contributed by atoms with E-state index in [-0.39, 0.29) is 0 Å². The number of allylic oxidation sites excluding steroid dienone is 4. The van der Waals surface area contributed by atoms with Crippen molar-refractivity contribution < 1.29 is 10.0 Å². The van der Waals surface area contributed by atoms with Crippen LogP contribution in [0.25, 0.3) is 0 Å². The Morgan fingerprint density at radius 2 is 2.30 bits per heavy atom. The molecule has 2 nitrogen and oxygen atoms in total. The Kier molecular flexibility index (Phi) is 2.30. The van der Waals surface area contributed by atoms with Crippen molar-refractivity contribution in [3.63, 3.8) is 0 Å². The maximum absolute atomic E-state index is 8.70. The van der Waals surface area contributed by atoms with Crippen molar-refractivity contribution in [2.24, 2.45) is 5.92 Å². The van der Waals surface area contributed by atoms with Crippen molar-refractivity contribution >= 4 is 7.12 Å². The van der Waals surface area contributed by atoms with E-state index in [9.17, 15) is 0 Å². The van der Waals surface area contributed by atoms with Crippen LogP contribution in [0.4, 0.5) is 0 Å². The molecular weight excluding hydrogens is 127 g/mol. The maximum atomic E-state index is 8.70. The van der Waals surface area contributed by atoms with Crippen LogP contribution in [-0.2, 0) is 0 Å². The van der Waals surface area contributed by atoms with Gasteiger partial charge in [-0.15, -0.1) is 0 Å². The lowest BCUT2D eigenvalue weighted by Gasteiger charge is -2.09. The van der Waals surface area contributed by atoms with Crippen LogP contribution in [0.3, 0.4) is 0 Å². The highest BCUT2D eigenvalue weighted by molar-refractivity contribution is 6.51. The van der Waals surface area contributed by atoms with Crippen molar-refractivity contribution in [2.75, 3.05) is 0 Å². The van der Waals surface area contributed by atoms with Crippen LogP contribution in [0.15, 0.2) is 23.7 Å². The first kappa shape index (κ1) is 7.57. The Hall–Kier alpha value is -0.535. The molecule has 0 saturated heterocycles. The third kappa shape index (κ3) is 1.72. The van der Waals surface area contributed by atoms with Crippen molar-refractivity contribution in [1.82, 2.24) is 0 Å². The number of hydrogen-bond acceptors (Lipinski definition) is 2. The van der Waals surface area contributed by atoms with Crippen molar-refractivity contribution in [3.8, 4) is 0 Å². The topological polar surface area (TPSA) is 40.5 Å². The van der Waals surface area contributed by atoms with Crippen LogP contribution in [-0.4, -0.2) is 17.2 Å². The van der Waals surface area contributed by atoms with Gasteiger partial charge in [0.05, 0.1) is 0 Å². The predicted octanol–water partition coefficient (Wildman–Crippen LogP) is 0.521. The summed E-state index contributed by atoms with van der Waals surface area (Å²) in [6, 6.07) is 0. The molecule has 10 heavy (non-hydrogen) atoms. The summed E-state index contributed by atoms with van der Waals surface area (Å²) in [6.07, 6.45) is 6.51. The molecule has 2 N–H and O–H groups in total. The fraction of sp³-hybridized carbons (Fsp3) is 0.429. The molecular formula is C7H11BO2. The Bertz CT molecular complexity index is 172. The Morgan fingerprint density at radius 3 is 2.70 bits per heavy atom. The van der Waals surface area contributed by atoms with Crippen LogP contribution < -0.4 is 0 Å². The highest BCUT2D eigenvalue weighted by Crippen LogP contribution is 2.15. The minimum Gasteiger partial charge on any atom is -0.423 e. The van der Waals surface area contributed by atoms with E-state index >= 15 is 0 Å². The third-order valence-corrected chi connectivity index (χ3v) is 1.64. The minimum atomic E-state index is -1.30. The molecule has 1 unspecified atom stereocenters. The largest absolute Gasteiger partial charge is 0.488 e. The molecule has 0 radical (unpaired) electrons. The van der Waals surface area contributed by atoms with E-state index in [1.807, 2.05) is 12.2 Å². The van der Waals surface area contributed by atoms with Gasteiger partial charge >= 0.3 is 7.12 Å². The molecule has 1 aliphatic carbocycles. The lowest BCUT2D eigenvalue weighted by atomic mass is 9.75. The molecule has 0 aromatic rings. The lowest BCUT2D eigenvalue weighted by molar-refractivity contribution is 0.420. The van der Waals surface area contributed by atoms with Gasteiger partial charge in [-0.3, -0.25) is 0 Å². The average Bonchev–Trinajstić information content (AvgIpc) is 1.88. The Labute approximate surface area is 61.0 Å². The minimum absolute atomic E-state index is 0.530. The van der Waals surface area contributed by atoms with Crippen LogP contribution in [0.5, 0.6) is 0 Å². The molecule has 54 valence electrons. The first-order valence-electron chi connectivity index (χ1n) is 3.44. The molecule has 0 aromatic heterocycles. The second-order valence-corrected chi connectivity index (χ2v) is 2.65. The second kappa shape index (κ2) is 3.04. The molecule has 1 rings (SSSR count). The van der Waals surface area contributed by atoms with Crippen molar-refractivity contribution in [1.29, 1.82) is 0 Å². The van der Waals surface area contributed by atoms with E-state index < -0.39 is 7.12 Å². The fourth-order valence-electron chi connectivity index (χ4n) is 0.935. The molecule has 0 aromatic carbocycles. The molecule has 0 fully saturated rings. The first-order valence-corrected chi connectivity index (χ1v) is 3.44. The Balaban J connectivity index is 2.59. The standard InChI is InChI=1S/C7H11BO2/c1-6-2-4-7(5-3-6)8(9)10/h2,4-6,9-10H,3H2,1H3. The second-order valence-electron chi connectivity index (χ2n) is 2.65. The highest BCUT2D eigenvalue weighted by atomic mass is 16.4. The summed E-state index contributed by atoms with van der Waals surface area (Å²) in [5, 5.41) is 17.4. The summed E-state index contributed by atoms with van der Waals surface area (Å²) in [7, 11) is -1.30. The van der Waals surface area contributed by atoms with Gasteiger partial charge in [-0.1, -0.05) is 25.2 Å². The Morgan fingerprint density at radius 1 is 1.60 bits per heavy atom. The zero-order valence-corrected chi connectivity index (χ0v) is 5.99. The molecule has 0 heterocycles. The third-order valence-electron chi connectivity index (χ3n) is 1.64. The van der Waals surface area contributed by atoms with Gasteiger partial charge in [0.15, 0.2) is 0 Å². The highest BCUT2D eigenvalue weighted by Gasteiger charge is 2.14. The van der Waals surface area contributed by atoms with E-state index in [2.05, 4.69) is 6.92 Å². The predicted molar refractivity (Wildman–Crippen MR) is 41.2 cm³/mol. The first-order chi connectivity index (χ1) is 4.70. The molecule has 0 saturated carbocycles. The fourth-order valence-corrected chi connectivity index (χ4v) is 0.935. The summed E-state index contributed by atoms with van der Waals surface area (Å²) in [5.74, 6) is 0.530. The maximum Gasteiger partial charge on any atom is 0.488 e. The van der Waals surface area contributed by atoms with Gasteiger partial charge in [-0.25, -0.2) is 0 Å². The quantitative estimate of drug-likeness (QED) is 0.518. The zero-order valence-electron chi connectivity index (χ0n) is 5.99. The summed E-state index contributed by atoms with van der Waals surface area (Å²) in [6.45, 7) is 2.09. The summed E-state index contributed by atoms with van der Waals surface area (Å²) in [4.78, 5) is 0. The van der Waals surface area contributed by atoms with Crippen molar-refractivity contribution in [3.05, 3.63) is 23.7 Å². The van der Waals surface area contributed by atoms with Gasteiger partial charge in [0.1, 0.15) is 0 Å². The van der Waals surface area contributed by atoms with Gasteiger partial charge < -0.3 is 10.0 Å². The van der Waals surface area contributed by atoms with Gasteiger partial charge in [0.25, 0.3) is 0 Å². The smallest absolute Gasteiger partial charge is 0.423 e. The van der Waals surface area contributed by atoms with E-state index in [4.69, 9.17) is 10.0 Å². The van der Waals surface area contributed by atoms with Gasteiger partial charge in [0, 0.05) is 0 Å². The van der Waals surface area contributed by atoms with E-state index in [1.165, 1.54) is 0 Å². The summed E-state index contributed by atoms with van der Waals surface area (Å²) >= 11 is 0. The van der Waals surface area contributed by atoms with Crippen LogP contribution >= 0.6 is 0 Å². The van der Waals surface area contributed by atoms with Gasteiger partial charge in [-0.2, -0.15) is 0 Å². The molecule has 1 aliphatic rings. The molecule has 0 spiro atoms. The molecule has 0 aliphatic heterocycles. The van der Waals surface area contributed by atoms with E-state index in [1.54, 1.807) is 6.08 Å². The average molecular weight is 138 g/mol. The van der Waals surface area contributed by atoms with Gasteiger partial charge in [-0.05, 0) is 17.8 Å². The van der Waals surface area contributed by atoms with Crippen molar-refractivity contribution in [2.45, 2.75) is 13.3 Å². The summed E-state index contributed by atoms with van der Waals surface area (Å²) in [5.41, 5.74) is 0.609. The number of hydrogen-bond donors (Lipinski definition) is 2. The van der Waals surface area contributed by atoms with E-state index in [0.717, 1.165) is 6.42 Å². The normalized spacial score (nSPS) is 24.3. The molecule has 0 amide bonds. The van der Waals surface area contributed by atoms with Crippen LogP contribution in [0.1, 0.15) is 13.3 Å². The van der Waals surface area contributed by atoms with Crippen LogP contribution in [0, 0.1) is 5.92 Å². The SMILES string of the molecule is CC1C=CC(B(O)O)=CC1. The van der Waals surface area contributed by atoms with E-state index in [0.29, 0.717) is 11.4 Å². The molecule has 3 heteroatoms. The molecule has 1 atom stereocenters. The zero-order chi connectivity index (χ0) is 7.56. The van der Waals surface area contributed by atoms with Crippen LogP contribution in [0.2, 0.25) is 0 Å². The molecule has 0 bridgehead atoms.